The third-order valence-electron chi connectivity index (χ3n) is 3.08. The summed E-state index contributed by atoms with van der Waals surface area (Å²) in [5.41, 5.74) is -0.985. The minimum atomic E-state index is -1.35. The van der Waals surface area contributed by atoms with Crippen molar-refractivity contribution in [3.8, 4) is 11.5 Å². The lowest BCUT2D eigenvalue weighted by molar-refractivity contribution is -0.385. The third kappa shape index (κ3) is 5.14. The lowest BCUT2D eigenvalue weighted by atomic mass is 10.1. The summed E-state index contributed by atoms with van der Waals surface area (Å²) in [6, 6.07) is 2.30. The molecule has 0 fully saturated rings. The molecule has 1 aromatic carbocycles. The van der Waals surface area contributed by atoms with Gasteiger partial charge in [0.2, 0.25) is 0 Å². The fourth-order valence-corrected chi connectivity index (χ4v) is 2.17. The summed E-state index contributed by atoms with van der Waals surface area (Å²) in [6.07, 6.45) is 0. The normalized spacial score (nSPS) is 10.4. The van der Waals surface area contributed by atoms with Gasteiger partial charge in [0.1, 0.15) is 5.56 Å². The van der Waals surface area contributed by atoms with Crippen LogP contribution in [0, 0.1) is 10.1 Å². The molecule has 0 spiro atoms. The highest BCUT2D eigenvalue weighted by Gasteiger charge is 2.30. The first kappa shape index (κ1) is 19.8. The number of Topliss-reactive ketones (excluding diaryl/α,β-unsaturated/α-hetero) is 1. The molecular formula is C14H16N2O9. The van der Waals surface area contributed by atoms with Crippen molar-refractivity contribution in [1.82, 2.24) is 4.90 Å². The summed E-state index contributed by atoms with van der Waals surface area (Å²) in [5, 5.41) is 28.8. The topological polar surface area (TPSA) is 157 Å². The molecule has 0 aliphatic rings. The molecule has 0 aromatic heterocycles. The van der Waals surface area contributed by atoms with Crippen LogP contribution >= 0.6 is 0 Å². The Morgan fingerprint density at radius 2 is 1.64 bits per heavy atom. The van der Waals surface area contributed by atoms with E-state index >= 15 is 0 Å². The lowest BCUT2D eigenvalue weighted by Crippen LogP contribution is -2.38. The number of carboxylic acids is 2. The molecule has 0 aliphatic carbocycles. The van der Waals surface area contributed by atoms with Gasteiger partial charge in [0, 0.05) is 6.07 Å². The van der Waals surface area contributed by atoms with Gasteiger partial charge in [0.15, 0.2) is 17.3 Å². The number of nitro benzene ring substituents is 1. The Morgan fingerprint density at radius 3 is 2.04 bits per heavy atom. The van der Waals surface area contributed by atoms with Crippen LogP contribution in [0.1, 0.15) is 10.4 Å². The number of benzene rings is 1. The Labute approximate surface area is 141 Å². The van der Waals surface area contributed by atoms with E-state index in [4.69, 9.17) is 19.7 Å². The minimum Gasteiger partial charge on any atom is -0.493 e. The van der Waals surface area contributed by atoms with Gasteiger partial charge in [-0.2, -0.15) is 0 Å². The summed E-state index contributed by atoms with van der Waals surface area (Å²) in [6.45, 7) is -2.11. The van der Waals surface area contributed by atoms with Gasteiger partial charge in [-0.3, -0.25) is 29.4 Å². The highest BCUT2D eigenvalue weighted by Crippen LogP contribution is 2.37. The number of nitrogens with zero attached hydrogens (tertiary/aromatic N) is 2. The van der Waals surface area contributed by atoms with E-state index in [1.807, 2.05) is 0 Å². The monoisotopic (exact) mass is 356 g/mol. The maximum atomic E-state index is 12.5. The number of ketones is 1. The van der Waals surface area contributed by atoms with E-state index in [0.717, 1.165) is 11.0 Å². The average Bonchev–Trinajstić information content (AvgIpc) is 2.51. The molecule has 0 saturated carbocycles. The molecule has 0 unspecified atom stereocenters. The summed E-state index contributed by atoms with van der Waals surface area (Å²) < 4.78 is 10.0. The fourth-order valence-electron chi connectivity index (χ4n) is 2.17. The van der Waals surface area contributed by atoms with Gasteiger partial charge in [0.25, 0.3) is 5.69 Å². The zero-order chi connectivity index (χ0) is 19.1. The summed E-state index contributed by atoms with van der Waals surface area (Å²) in [4.78, 5) is 45.4. The molecule has 0 atom stereocenters. The van der Waals surface area contributed by atoms with Crippen LogP contribution in [0.15, 0.2) is 12.1 Å². The van der Waals surface area contributed by atoms with Crippen LogP contribution in [0.2, 0.25) is 0 Å². The van der Waals surface area contributed by atoms with Crippen LogP contribution in [0.25, 0.3) is 0 Å². The standard InChI is InChI=1S/C14H16N2O9/c1-24-10-4-3-8(16(22)23)13(14(10)25-2)9(17)5-15(6-11(18)19)7-12(20)21/h3-4H,5-7H2,1-2H3,(H,18,19)(H,20,21). The second-order valence-corrected chi connectivity index (χ2v) is 4.81. The molecule has 2 N–H and O–H groups in total. The van der Waals surface area contributed by atoms with Crippen molar-refractivity contribution in [3.63, 3.8) is 0 Å². The third-order valence-corrected chi connectivity index (χ3v) is 3.08. The van der Waals surface area contributed by atoms with Gasteiger partial charge in [-0.15, -0.1) is 0 Å². The number of carboxylic acid groups (broad SMARTS) is 2. The molecule has 25 heavy (non-hydrogen) atoms. The fraction of sp³-hybridized carbons (Fsp3) is 0.357. The van der Waals surface area contributed by atoms with E-state index in [1.165, 1.54) is 20.3 Å². The minimum absolute atomic E-state index is 0.0690. The highest BCUT2D eigenvalue weighted by molar-refractivity contribution is 6.04. The molecule has 11 nitrogen and oxygen atoms in total. The molecule has 0 heterocycles. The Bertz CT molecular complexity index is 686. The van der Waals surface area contributed by atoms with Crippen LogP contribution in [0.3, 0.4) is 0 Å². The van der Waals surface area contributed by atoms with Gasteiger partial charge in [-0.05, 0) is 6.07 Å². The number of methoxy groups -OCH3 is 2. The number of rotatable bonds is 10. The van der Waals surface area contributed by atoms with Gasteiger partial charge < -0.3 is 19.7 Å². The second kappa shape index (κ2) is 8.59. The van der Waals surface area contributed by atoms with E-state index in [2.05, 4.69) is 0 Å². The highest BCUT2D eigenvalue weighted by atomic mass is 16.6. The van der Waals surface area contributed by atoms with Crippen molar-refractivity contribution in [2.24, 2.45) is 0 Å². The molecule has 1 aromatic rings. The number of nitro groups is 1. The van der Waals surface area contributed by atoms with E-state index < -0.39 is 53.5 Å². The van der Waals surface area contributed by atoms with Crippen molar-refractivity contribution >= 4 is 23.4 Å². The number of hydrogen-bond donors (Lipinski definition) is 2. The number of hydrogen-bond acceptors (Lipinski definition) is 8. The molecule has 0 amide bonds. The van der Waals surface area contributed by atoms with Crippen LogP contribution < -0.4 is 9.47 Å². The molecule has 11 heteroatoms. The smallest absolute Gasteiger partial charge is 0.317 e. The zero-order valence-electron chi connectivity index (χ0n) is 13.4. The molecular weight excluding hydrogens is 340 g/mol. The molecule has 1 rings (SSSR count). The quantitative estimate of drug-likeness (QED) is 0.338. The van der Waals surface area contributed by atoms with Gasteiger partial charge in [-0.1, -0.05) is 0 Å². The van der Waals surface area contributed by atoms with Crippen molar-refractivity contribution in [2.75, 3.05) is 33.9 Å². The Balaban J connectivity index is 3.31. The first-order valence-electron chi connectivity index (χ1n) is 6.79. The van der Waals surface area contributed by atoms with Crippen molar-refractivity contribution in [2.45, 2.75) is 0 Å². The maximum absolute atomic E-state index is 12.5. The Kier molecular flexibility index (Phi) is 6.81. The second-order valence-electron chi connectivity index (χ2n) is 4.81. The van der Waals surface area contributed by atoms with Gasteiger partial charge in [0.05, 0.1) is 38.8 Å². The van der Waals surface area contributed by atoms with E-state index in [9.17, 15) is 24.5 Å². The predicted octanol–water partition coefficient (Wildman–Crippen LogP) is 0.266. The molecule has 0 bridgehead atoms. The van der Waals surface area contributed by atoms with Crippen LogP contribution in [0.5, 0.6) is 11.5 Å². The summed E-state index contributed by atoms with van der Waals surface area (Å²) in [7, 11) is 2.46. The van der Waals surface area contributed by atoms with Crippen molar-refractivity contribution in [1.29, 1.82) is 0 Å². The van der Waals surface area contributed by atoms with Gasteiger partial charge >= 0.3 is 11.9 Å². The Hall–Kier alpha value is -3.21. The first-order valence-corrected chi connectivity index (χ1v) is 6.79. The predicted molar refractivity (Wildman–Crippen MR) is 82.2 cm³/mol. The van der Waals surface area contributed by atoms with E-state index in [0.29, 0.717) is 0 Å². The molecule has 0 radical (unpaired) electrons. The largest absolute Gasteiger partial charge is 0.493 e. The molecule has 0 aliphatic heterocycles. The first-order chi connectivity index (χ1) is 11.7. The SMILES string of the molecule is COc1ccc([N+](=O)[O-])c(C(=O)CN(CC(=O)O)CC(=O)O)c1OC. The van der Waals surface area contributed by atoms with Crippen molar-refractivity contribution in [3.05, 3.63) is 27.8 Å². The molecule has 136 valence electrons. The average molecular weight is 356 g/mol. The number of ether oxygens (including phenoxy) is 2. The van der Waals surface area contributed by atoms with Crippen LogP contribution in [0.4, 0.5) is 5.69 Å². The number of aliphatic carboxylic acids is 2. The van der Waals surface area contributed by atoms with Gasteiger partial charge in [-0.25, -0.2) is 0 Å². The van der Waals surface area contributed by atoms with Crippen LogP contribution in [-0.4, -0.2) is 71.6 Å². The summed E-state index contributed by atoms with van der Waals surface area (Å²) in [5.74, 6) is -3.68. The lowest BCUT2D eigenvalue weighted by Gasteiger charge is -2.18. The zero-order valence-corrected chi connectivity index (χ0v) is 13.4. The number of carbonyl (C=O) groups excluding carboxylic acids is 1. The molecule has 0 saturated heterocycles. The Morgan fingerprint density at radius 1 is 1.08 bits per heavy atom. The summed E-state index contributed by atoms with van der Waals surface area (Å²) >= 11 is 0. The van der Waals surface area contributed by atoms with Crippen molar-refractivity contribution < 1.29 is 39.0 Å². The van der Waals surface area contributed by atoms with Crippen LogP contribution in [-0.2, 0) is 9.59 Å². The van der Waals surface area contributed by atoms with E-state index in [1.54, 1.807) is 0 Å². The number of carbonyl (C=O) groups is 3. The maximum Gasteiger partial charge on any atom is 0.317 e. The van der Waals surface area contributed by atoms with E-state index in [-0.39, 0.29) is 11.5 Å².